The molecule has 18 heavy (non-hydrogen) atoms. The molecule has 0 aromatic rings. The summed E-state index contributed by atoms with van der Waals surface area (Å²) in [4.78, 5) is 21.0. The molecule has 0 spiro atoms. The number of aldehydes is 2. The van der Waals surface area contributed by atoms with Gasteiger partial charge in [0.25, 0.3) is 0 Å². The van der Waals surface area contributed by atoms with Gasteiger partial charge in [-0.2, -0.15) is 0 Å². The first kappa shape index (κ1) is 16.3. The van der Waals surface area contributed by atoms with Crippen molar-refractivity contribution in [2.24, 2.45) is 5.92 Å². The summed E-state index contributed by atoms with van der Waals surface area (Å²) in [5, 5.41) is 9.71. The molecule has 0 bridgehead atoms. The maximum atomic E-state index is 10.7. The van der Waals surface area contributed by atoms with E-state index < -0.39 is 12.0 Å². The molecule has 0 aliphatic carbocycles. The normalized spacial score (nSPS) is 13.9. The highest BCUT2D eigenvalue weighted by Gasteiger charge is 2.16. The molecule has 0 saturated heterocycles. The predicted molar refractivity (Wildman–Crippen MR) is 71.8 cm³/mol. The molecule has 2 atom stereocenters. The van der Waals surface area contributed by atoms with Crippen molar-refractivity contribution >= 4 is 12.6 Å². The monoisotopic (exact) mass is 248 g/mol. The third-order valence-electron chi connectivity index (χ3n) is 2.33. The summed E-state index contributed by atoms with van der Waals surface area (Å²) in [7, 11) is 0. The van der Waals surface area contributed by atoms with Crippen LogP contribution in [0.25, 0.3) is 0 Å². The Kier molecular flexibility index (Phi) is 8.51. The number of aliphatic hydroxyl groups is 1. The zero-order valence-electron chi connectivity index (χ0n) is 11.1. The molecule has 0 fully saturated rings. The maximum Gasteiger partial charge on any atom is 0.126 e. The number of aliphatic hydroxyl groups excluding tert-OH is 1. The molecule has 0 aliphatic heterocycles. The van der Waals surface area contributed by atoms with Crippen molar-refractivity contribution in [1.82, 2.24) is 0 Å². The number of hydrogen-bond acceptors (Lipinski definition) is 3. The SMILES string of the molecule is CC(C)=CC#C/C(C)=C/C[C@H](O)C(C=O)CC=O. The van der Waals surface area contributed by atoms with Gasteiger partial charge in [-0.05, 0) is 38.8 Å². The number of hydrogen-bond donors (Lipinski definition) is 1. The molecular formula is C15H20O3. The number of carbonyl (C=O) groups excluding carboxylic acids is 2. The molecule has 1 unspecified atom stereocenters. The van der Waals surface area contributed by atoms with E-state index in [0.29, 0.717) is 19.0 Å². The van der Waals surface area contributed by atoms with Crippen LogP contribution >= 0.6 is 0 Å². The Labute approximate surface area is 109 Å². The van der Waals surface area contributed by atoms with Crippen LogP contribution in [0.5, 0.6) is 0 Å². The van der Waals surface area contributed by atoms with Gasteiger partial charge in [-0.1, -0.05) is 23.5 Å². The van der Waals surface area contributed by atoms with Crippen molar-refractivity contribution in [3.8, 4) is 11.8 Å². The quantitative estimate of drug-likeness (QED) is 0.578. The van der Waals surface area contributed by atoms with Gasteiger partial charge in [0.15, 0.2) is 0 Å². The van der Waals surface area contributed by atoms with E-state index in [9.17, 15) is 14.7 Å². The molecular weight excluding hydrogens is 228 g/mol. The summed E-state index contributed by atoms with van der Waals surface area (Å²) < 4.78 is 0. The Morgan fingerprint density at radius 1 is 1.22 bits per heavy atom. The second kappa shape index (κ2) is 9.38. The highest BCUT2D eigenvalue weighted by Crippen LogP contribution is 2.10. The molecule has 98 valence electrons. The second-order valence-corrected chi connectivity index (χ2v) is 4.38. The average molecular weight is 248 g/mol. The minimum absolute atomic E-state index is 0.0565. The van der Waals surface area contributed by atoms with Gasteiger partial charge in [0.1, 0.15) is 12.6 Å². The summed E-state index contributed by atoms with van der Waals surface area (Å²) in [6, 6.07) is 0. The van der Waals surface area contributed by atoms with Crippen LogP contribution < -0.4 is 0 Å². The average Bonchev–Trinajstić information content (AvgIpc) is 2.32. The van der Waals surface area contributed by atoms with Crippen LogP contribution in [0.15, 0.2) is 23.3 Å². The fourth-order valence-electron chi connectivity index (χ4n) is 1.23. The molecule has 1 N–H and O–H groups in total. The summed E-state index contributed by atoms with van der Waals surface area (Å²) in [5.74, 6) is 5.19. The fourth-order valence-corrected chi connectivity index (χ4v) is 1.23. The van der Waals surface area contributed by atoms with Gasteiger partial charge in [-0.15, -0.1) is 0 Å². The molecule has 0 aliphatic rings. The van der Waals surface area contributed by atoms with E-state index in [0.717, 1.165) is 11.1 Å². The van der Waals surface area contributed by atoms with Crippen molar-refractivity contribution < 1.29 is 14.7 Å². The van der Waals surface area contributed by atoms with Crippen LogP contribution in [-0.4, -0.2) is 23.8 Å². The van der Waals surface area contributed by atoms with E-state index in [1.807, 2.05) is 26.8 Å². The van der Waals surface area contributed by atoms with Gasteiger partial charge in [0.05, 0.1) is 6.10 Å². The van der Waals surface area contributed by atoms with Crippen molar-refractivity contribution in [2.45, 2.75) is 39.7 Å². The lowest BCUT2D eigenvalue weighted by molar-refractivity contribution is -0.118. The minimum atomic E-state index is -0.826. The molecule has 0 rings (SSSR count). The van der Waals surface area contributed by atoms with E-state index >= 15 is 0 Å². The van der Waals surface area contributed by atoms with Crippen LogP contribution in [0.3, 0.4) is 0 Å². The Balaban J connectivity index is 4.42. The standard InChI is InChI=1S/C15H20O3/c1-12(2)5-4-6-13(3)7-8-15(18)14(11-17)9-10-16/h5,7,10-11,14-15,18H,8-9H2,1-3H3/b13-7+/t14?,15-/m0/s1. The Morgan fingerprint density at radius 3 is 2.39 bits per heavy atom. The largest absolute Gasteiger partial charge is 0.392 e. The lowest BCUT2D eigenvalue weighted by Crippen LogP contribution is -2.21. The lowest BCUT2D eigenvalue weighted by atomic mass is 9.97. The molecule has 0 amide bonds. The first-order valence-corrected chi connectivity index (χ1v) is 5.90. The van der Waals surface area contributed by atoms with Crippen LogP contribution in [0.2, 0.25) is 0 Å². The third kappa shape index (κ3) is 7.59. The van der Waals surface area contributed by atoms with Gasteiger partial charge in [-0.3, -0.25) is 0 Å². The maximum absolute atomic E-state index is 10.7. The summed E-state index contributed by atoms with van der Waals surface area (Å²) in [5.41, 5.74) is 1.96. The van der Waals surface area contributed by atoms with Gasteiger partial charge in [0, 0.05) is 12.3 Å². The summed E-state index contributed by atoms with van der Waals surface area (Å²) >= 11 is 0. The van der Waals surface area contributed by atoms with Gasteiger partial charge < -0.3 is 14.7 Å². The van der Waals surface area contributed by atoms with E-state index in [-0.39, 0.29) is 6.42 Å². The van der Waals surface area contributed by atoms with Crippen molar-refractivity contribution in [3.63, 3.8) is 0 Å². The van der Waals surface area contributed by atoms with Crippen molar-refractivity contribution in [3.05, 3.63) is 23.3 Å². The molecule has 0 aromatic carbocycles. The smallest absolute Gasteiger partial charge is 0.126 e. The third-order valence-corrected chi connectivity index (χ3v) is 2.33. The Morgan fingerprint density at radius 2 is 1.89 bits per heavy atom. The van der Waals surface area contributed by atoms with Crippen LogP contribution in [0.4, 0.5) is 0 Å². The minimum Gasteiger partial charge on any atom is -0.392 e. The highest BCUT2D eigenvalue weighted by atomic mass is 16.3. The molecule has 0 radical (unpaired) electrons. The van der Waals surface area contributed by atoms with Gasteiger partial charge >= 0.3 is 0 Å². The summed E-state index contributed by atoms with van der Waals surface area (Å²) in [6.07, 6.45) is 4.41. The molecule has 0 aromatic heterocycles. The first-order valence-electron chi connectivity index (χ1n) is 5.90. The lowest BCUT2D eigenvalue weighted by Gasteiger charge is -2.12. The number of allylic oxidation sites excluding steroid dienone is 3. The number of carbonyl (C=O) groups is 2. The first-order chi connectivity index (χ1) is 8.51. The topological polar surface area (TPSA) is 54.4 Å². The van der Waals surface area contributed by atoms with E-state index in [1.165, 1.54) is 0 Å². The Hall–Kier alpha value is -1.66. The Bertz CT molecular complexity index is 390. The van der Waals surface area contributed by atoms with E-state index in [2.05, 4.69) is 11.8 Å². The highest BCUT2D eigenvalue weighted by molar-refractivity contribution is 5.62. The van der Waals surface area contributed by atoms with Gasteiger partial charge in [0.2, 0.25) is 0 Å². The summed E-state index contributed by atoms with van der Waals surface area (Å²) in [6.45, 7) is 5.77. The second-order valence-electron chi connectivity index (χ2n) is 4.38. The van der Waals surface area contributed by atoms with Crippen LogP contribution in [0, 0.1) is 17.8 Å². The zero-order chi connectivity index (χ0) is 14.0. The van der Waals surface area contributed by atoms with Crippen molar-refractivity contribution in [2.75, 3.05) is 0 Å². The van der Waals surface area contributed by atoms with Crippen LogP contribution in [-0.2, 0) is 9.59 Å². The molecule has 3 heteroatoms. The fraction of sp³-hybridized carbons (Fsp3) is 0.467. The molecule has 0 saturated carbocycles. The predicted octanol–water partition coefficient (Wildman–Crippen LogP) is 2.06. The van der Waals surface area contributed by atoms with Crippen molar-refractivity contribution in [1.29, 1.82) is 0 Å². The molecule has 0 heterocycles. The van der Waals surface area contributed by atoms with E-state index in [4.69, 9.17) is 0 Å². The molecule has 3 nitrogen and oxygen atoms in total. The number of rotatable bonds is 6. The zero-order valence-corrected chi connectivity index (χ0v) is 11.1. The van der Waals surface area contributed by atoms with E-state index in [1.54, 1.807) is 6.08 Å². The van der Waals surface area contributed by atoms with Gasteiger partial charge in [-0.25, -0.2) is 0 Å². The van der Waals surface area contributed by atoms with Crippen LogP contribution in [0.1, 0.15) is 33.6 Å².